The lowest BCUT2D eigenvalue weighted by Crippen LogP contribution is -2.41. The molecular formula is C21H28N2O2. The van der Waals surface area contributed by atoms with E-state index in [2.05, 4.69) is 31.1 Å². The fraction of sp³-hybridized carbons (Fsp3) is 0.476. The van der Waals surface area contributed by atoms with E-state index >= 15 is 0 Å². The van der Waals surface area contributed by atoms with Crippen molar-refractivity contribution in [1.82, 2.24) is 9.80 Å². The van der Waals surface area contributed by atoms with Crippen LogP contribution in [0.5, 0.6) is 0 Å². The second kappa shape index (κ2) is 8.34. The van der Waals surface area contributed by atoms with Crippen LogP contribution < -0.4 is 0 Å². The highest BCUT2D eigenvalue weighted by molar-refractivity contribution is 5.79. The maximum Gasteiger partial charge on any atom is 0.226 e. The summed E-state index contributed by atoms with van der Waals surface area (Å²) in [4.78, 5) is 17.5. The van der Waals surface area contributed by atoms with Crippen LogP contribution in [0.25, 0.3) is 0 Å². The molecular weight excluding hydrogens is 312 g/mol. The molecule has 0 N–H and O–H groups in total. The van der Waals surface area contributed by atoms with Gasteiger partial charge in [-0.2, -0.15) is 0 Å². The predicted molar refractivity (Wildman–Crippen MR) is 98.8 cm³/mol. The van der Waals surface area contributed by atoms with Crippen LogP contribution in [0.4, 0.5) is 0 Å². The third kappa shape index (κ3) is 4.73. The Balaban J connectivity index is 1.74. The molecule has 2 atom stereocenters. The van der Waals surface area contributed by atoms with Gasteiger partial charge in [-0.15, -0.1) is 0 Å². The van der Waals surface area contributed by atoms with Crippen molar-refractivity contribution in [3.8, 4) is 0 Å². The molecule has 1 aromatic heterocycles. The van der Waals surface area contributed by atoms with Gasteiger partial charge in [0.2, 0.25) is 5.91 Å². The largest absolute Gasteiger partial charge is 0.467 e. The predicted octanol–water partition coefficient (Wildman–Crippen LogP) is 3.93. The highest BCUT2D eigenvalue weighted by Gasteiger charge is 2.31. The fourth-order valence-electron chi connectivity index (χ4n) is 3.72. The summed E-state index contributed by atoms with van der Waals surface area (Å²) in [5.41, 5.74) is 1.15. The minimum absolute atomic E-state index is 0.111. The number of carbonyl (C=O) groups is 1. The first-order chi connectivity index (χ1) is 12.1. The van der Waals surface area contributed by atoms with Gasteiger partial charge in [-0.05, 0) is 51.1 Å². The van der Waals surface area contributed by atoms with Gasteiger partial charge in [0.1, 0.15) is 5.76 Å². The SMILES string of the molecule is CN(C)C1CCCC(C(=O)N(Cc2ccccc2)Cc2ccco2)C1. The van der Waals surface area contributed by atoms with Crippen molar-refractivity contribution < 1.29 is 9.21 Å². The van der Waals surface area contributed by atoms with Crippen molar-refractivity contribution >= 4 is 5.91 Å². The summed E-state index contributed by atoms with van der Waals surface area (Å²) in [7, 11) is 4.23. The van der Waals surface area contributed by atoms with Crippen LogP contribution in [-0.2, 0) is 17.9 Å². The molecule has 0 aliphatic heterocycles. The van der Waals surface area contributed by atoms with E-state index in [1.165, 1.54) is 6.42 Å². The van der Waals surface area contributed by atoms with E-state index < -0.39 is 0 Å². The van der Waals surface area contributed by atoms with E-state index in [1.807, 2.05) is 35.2 Å². The maximum absolute atomic E-state index is 13.3. The van der Waals surface area contributed by atoms with Gasteiger partial charge in [0.15, 0.2) is 0 Å². The number of hydrogen-bond donors (Lipinski definition) is 0. The summed E-state index contributed by atoms with van der Waals surface area (Å²) < 4.78 is 5.50. The normalized spacial score (nSPS) is 20.6. The lowest BCUT2D eigenvalue weighted by molar-refractivity contribution is -0.138. The van der Waals surface area contributed by atoms with E-state index in [0.29, 0.717) is 19.1 Å². The first kappa shape index (κ1) is 17.7. The third-order valence-electron chi connectivity index (χ3n) is 5.18. The standard InChI is InChI=1S/C21H28N2O2/c1-22(2)19-11-6-10-18(14-19)21(24)23(16-20-12-7-13-25-20)15-17-8-4-3-5-9-17/h3-5,7-9,12-13,18-19H,6,10-11,14-16H2,1-2H3. The number of benzene rings is 1. The molecule has 0 bridgehead atoms. The Labute approximate surface area is 150 Å². The van der Waals surface area contributed by atoms with Crippen LogP contribution in [0.15, 0.2) is 53.1 Å². The van der Waals surface area contributed by atoms with Crippen LogP contribution in [0.3, 0.4) is 0 Å². The quantitative estimate of drug-likeness (QED) is 0.799. The molecule has 2 aromatic rings. The molecule has 25 heavy (non-hydrogen) atoms. The van der Waals surface area contributed by atoms with Gasteiger partial charge in [0.25, 0.3) is 0 Å². The molecule has 1 aliphatic carbocycles. The second-order valence-corrected chi connectivity index (χ2v) is 7.24. The molecule has 1 heterocycles. The van der Waals surface area contributed by atoms with Gasteiger partial charge in [-0.3, -0.25) is 4.79 Å². The summed E-state index contributed by atoms with van der Waals surface area (Å²) in [5.74, 6) is 1.20. The van der Waals surface area contributed by atoms with Crippen molar-refractivity contribution in [2.24, 2.45) is 5.92 Å². The van der Waals surface area contributed by atoms with Crippen LogP contribution in [0.1, 0.15) is 37.0 Å². The first-order valence-electron chi connectivity index (χ1n) is 9.15. The number of furan rings is 1. The molecule has 4 heteroatoms. The molecule has 1 saturated carbocycles. The minimum Gasteiger partial charge on any atom is -0.467 e. The highest BCUT2D eigenvalue weighted by atomic mass is 16.3. The van der Waals surface area contributed by atoms with E-state index in [9.17, 15) is 4.79 Å². The van der Waals surface area contributed by atoms with Crippen LogP contribution in [0.2, 0.25) is 0 Å². The third-order valence-corrected chi connectivity index (χ3v) is 5.18. The smallest absolute Gasteiger partial charge is 0.226 e. The molecule has 0 spiro atoms. The van der Waals surface area contributed by atoms with Crippen molar-refractivity contribution in [2.45, 2.75) is 44.8 Å². The zero-order chi connectivity index (χ0) is 17.6. The first-order valence-corrected chi connectivity index (χ1v) is 9.15. The zero-order valence-electron chi connectivity index (χ0n) is 15.2. The molecule has 1 aliphatic rings. The molecule has 1 aromatic carbocycles. The molecule has 4 nitrogen and oxygen atoms in total. The molecule has 134 valence electrons. The molecule has 0 saturated heterocycles. The Morgan fingerprint density at radius 1 is 1.08 bits per heavy atom. The second-order valence-electron chi connectivity index (χ2n) is 7.24. The highest BCUT2D eigenvalue weighted by Crippen LogP contribution is 2.29. The van der Waals surface area contributed by atoms with Gasteiger partial charge in [-0.1, -0.05) is 36.8 Å². The van der Waals surface area contributed by atoms with Gasteiger partial charge in [0, 0.05) is 18.5 Å². The summed E-state index contributed by atoms with van der Waals surface area (Å²) in [6, 6.07) is 14.5. The summed E-state index contributed by atoms with van der Waals surface area (Å²) in [5, 5.41) is 0. The van der Waals surface area contributed by atoms with Gasteiger partial charge < -0.3 is 14.2 Å². The summed E-state index contributed by atoms with van der Waals surface area (Å²) >= 11 is 0. The number of rotatable bonds is 6. The lowest BCUT2D eigenvalue weighted by atomic mass is 9.84. The fourth-order valence-corrected chi connectivity index (χ4v) is 3.72. The molecule has 1 amide bonds. The number of carbonyl (C=O) groups excluding carboxylic acids is 1. The Kier molecular flexibility index (Phi) is 5.92. The molecule has 2 unspecified atom stereocenters. The van der Waals surface area contributed by atoms with E-state index in [4.69, 9.17) is 4.42 Å². The Bertz CT molecular complexity index is 652. The lowest BCUT2D eigenvalue weighted by Gasteiger charge is -2.35. The molecule has 1 fully saturated rings. The van der Waals surface area contributed by atoms with Crippen LogP contribution >= 0.6 is 0 Å². The van der Waals surface area contributed by atoms with Crippen LogP contribution in [-0.4, -0.2) is 35.8 Å². The maximum atomic E-state index is 13.3. The average molecular weight is 340 g/mol. The minimum atomic E-state index is 0.111. The Morgan fingerprint density at radius 3 is 2.56 bits per heavy atom. The van der Waals surface area contributed by atoms with Gasteiger partial charge in [0.05, 0.1) is 12.8 Å². The van der Waals surface area contributed by atoms with Crippen molar-refractivity contribution in [3.63, 3.8) is 0 Å². The number of hydrogen-bond acceptors (Lipinski definition) is 3. The number of amides is 1. The zero-order valence-corrected chi connectivity index (χ0v) is 15.2. The number of nitrogens with zero attached hydrogens (tertiary/aromatic N) is 2. The van der Waals surface area contributed by atoms with Gasteiger partial charge >= 0.3 is 0 Å². The van der Waals surface area contributed by atoms with Crippen molar-refractivity contribution in [2.75, 3.05) is 14.1 Å². The summed E-state index contributed by atoms with van der Waals surface area (Å²) in [6.07, 6.45) is 5.93. The van der Waals surface area contributed by atoms with Crippen molar-refractivity contribution in [1.29, 1.82) is 0 Å². The monoisotopic (exact) mass is 340 g/mol. The Hall–Kier alpha value is -2.07. The average Bonchev–Trinajstić information content (AvgIpc) is 3.14. The van der Waals surface area contributed by atoms with Crippen LogP contribution in [0, 0.1) is 5.92 Å². The van der Waals surface area contributed by atoms with E-state index in [1.54, 1.807) is 6.26 Å². The van der Waals surface area contributed by atoms with Crippen molar-refractivity contribution in [3.05, 3.63) is 60.1 Å². The Morgan fingerprint density at radius 2 is 1.88 bits per heavy atom. The summed E-state index contributed by atoms with van der Waals surface area (Å²) in [6.45, 7) is 1.16. The molecule has 0 radical (unpaired) electrons. The molecule has 3 rings (SSSR count). The topological polar surface area (TPSA) is 36.7 Å². The van der Waals surface area contributed by atoms with Gasteiger partial charge in [-0.25, -0.2) is 0 Å². The van der Waals surface area contributed by atoms with E-state index in [0.717, 1.165) is 30.6 Å². The van der Waals surface area contributed by atoms with E-state index in [-0.39, 0.29) is 11.8 Å².